The SMILES string of the molecule is CC(C)C[C@H](NC(=O)[C@H](CO)NC(=O)c1cnccn1)C(=O)[C@]1(CO)CO1. The van der Waals surface area contributed by atoms with Crippen LogP contribution in [0.4, 0.5) is 0 Å². The molecule has 1 aliphatic rings. The molecule has 0 bridgehead atoms. The molecular weight excluding hydrogens is 356 g/mol. The monoisotopic (exact) mass is 380 g/mol. The van der Waals surface area contributed by atoms with Gasteiger partial charge in [-0.25, -0.2) is 4.98 Å². The molecule has 1 aliphatic heterocycles. The third kappa shape index (κ3) is 5.28. The first-order valence-electron chi connectivity index (χ1n) is 8.60. The van der Waals surface area contributed by atoms with E-state index in [-0.39, 0.29) is 18.2 Å². The van der Waals surface area contributed by atoms with Crippen molar-refractivity contribution >= 4 is 17.6 Å². The molecule has 1 aromatic heterocycles. The van der Waals surface area contributed by atoms with Crippen molar-refractivity contribution in [3.8, 4) is 0 Å². The second-order valence-electron chi connectivity index (χ2n) is 6.80. The molecule has 4 N–H and O–H groups in total. The highest BCUT2D eigenvalue weighted by Crippen LogP contribution is 2.30. The van der Waals surface area contributed by atoms with Crippen LogP contribution in [0.1, 0.15) is 30.8 Å². The van der Waals surface area contributed by atoms with Crippen LogP contribution in [0.15, 0.2) is 18.6 Å². The number of nitrogens with one attached hydrogen (secondary N) is 2. The molecule has 3 atom stereocenters. The van der Waals surface area contributed by atoms with E-state index in [4.69, 9.17) is 4.74 Å². The highest BCUT2D eigenvalue weighted by Gasteiger charge is 2.54. The second kappa shape index (κ2) is 8.98. The number of carbonyl (C=O) groups is 3. The van der Waals surface area contributed by atoms with Gasteiger partial charge in [-0.2, -0.15) is 0 Å². The quantitative estimate of drug-likeness (QED) is 0.355. The van der Waals surface area contributed by atoms with Crippen molar-refractivity contribution in [3.05, 3.63) is 24.3 Å². The molecule has 10 nitrogen and oxygen atoms in total. The molecule has 0 unspecified atom stereocenters. The summed E-state index contributed by atoms with van der Waals surface area (Å²) in [6.07, 6.45) is 4.27. The summed E-state index contributed by atoms with van der Waals surface area (Å²) < 4.78 is 5.08. The topological polar surface area (TPSA) is 154 Å². The Morgan fingerprint density at radius 1 is 1.22 bits per heavy atom. The standard InChI is InChI=1S/C17H24N4O6/c1-10(2)5-11(14(24)17(8-23)9-27-17)20-16(26)13(7-22)21-15(25)12-6-18-3-4-19-12/h3-4,6,10-11,13,22-23H,5,7-9H2,1-2H3,(H,20,26)(H,21,25)/t11-,13-,17-/m0/s1. The van der Waals surface area contributed by atoms with Gasteiger partial charge in [0.05, 0.1) is 32.1 Å². The average molecular weight is 380 g/mol. The minimum absolute atomic E-state index is 0.0100. The lowest BCUT2D eigenvalue weighted by molar-refractivity contribution is -0.133. The maximum absolute atomic E-state index is 12.6. The fourth-order valence-corrected chi connectivity index (χ4v) is 2.53. The number of hydrogen-bond acceptors (Lipinski definition) is 8. The number of epoxide rings is 1. The summed E-state index contributed by atoms with van der Waals surface area (Å²) in [5.41, 5.74) is -1.28. The molecule has 0 radical (unpaired) electrons. The van der Waals surface area contributed by atoms with Crippen molar-refractivity contribution in [2.24, 2.45) is 5.92 Å². The van der Waals surface area contributed by atoms with E-state index in [1.165, 1.54) is 18.6 Å². The van der Waals surface area contributed by atoms with E-state index < -0.39 is 48.5 Å². The van der Waals surface area contributed by atoms with Crippen LogP contribution < -0.4 is 10.6 Å². The Hall–Kier alpha value is -2.43. The zero-order valence-corrected chi connectivity index (χ0v) is 15.2. The third-order valence-electron chi connectivity index (χ3n) is 4.14. The van der Waals surface area contributed by atoms with Gasteiger partial charge in [0.2, 0.25) is 5.91 Å². The zero-order chi connectivity index (χ0) is 20.0. The van der Waals surface area contributed by atoms with Crippen molar-refractivity contribution in [2.75, 3.05) is 19.8 Å². The van der Waals surface area contributed by atoms with Gasteiger partial charge in [0.1, 0.15) is 11.7 Å². The Morgan fingerprint density at radius 3 is 2.41 bits per heavy atom. The Morgan fingerprint density at radius 2 is 1.93 bits per heavy atom. The Balaban J connectivity index is 2.05. The number of nitrogens with zero attached hydrogens (tertiary/aromatic N) is 2. The molecule has 0 aromatic carbocycles. The van der Waals surface area contributed by atoms with Crippen LogP contribution in [0.5, 0.6) is 0 Å². The Labute approximate surface area is 156 Å². The van der Waals surface area contributed by atoms with Crippen molar-refractivity contribution in [1.82, 2.24) is 20.6 Å². The molecule has 1 aromatic rings. The number of aliphatic hydroxyl groups is 2. The van der Waals surface area contributed by atoms with E-state index in [9.17, 15) is 24.6 Å². The van der Waals surface area contributed by atoms with E-state index in [0.29, 0.717) is 6.42 Å². The highest BCUT2D eigenvalue weighted by atomic mass is 16.6. The molecule has 2 amide bonds. The number of aromatic nitrogens is 2. The molecule has 0 saturated carbocycles. The summed E-state index contributed by atoms with van der Waals surface area (Å²) in [6.45, 7) is 2.72. The third-order valence-corrected chi connectivity index (χ3v) is 4.14. The molecule has 27 heavy (non-hydrogen) atoms. The fraction of sp³-hybridized carbons (Fsp3) is 0.588. The number of rotatable bonds is 10. The summed E-state index contributed by atoms with van der Waals surface area (Å²) in [6, 6.07) is -2.18. The van der Waals surface area contributed by atoms with E-state index in [1.807, 2.05) is 13.8 Å². The molecule has 2 rings (SSSR count). The van der Waals surface area contributed by atoms with Crippen LogP contribution in [0, 0.1) is 5.92 Å². The molecule has 0 aliphatic carbocycles. The van der Waals surface area contributed by atoms with Gasteiger partial charge in [0.25, 0.3) is 5.91 Å². The smallest absolute Gasteiger partial charge is 0.272 e. The second-order valence-corrected chi connectivity index (χ2v) is 6.80. The van der Waals surface area contributed by atoms with Crippen LogP contribution in [0.2, 0.25) is 0 Å². The number of aliphatic hydroxyl groups excluding tert-OH is 2. The molecular formula is C17H24N4O6. The van der Waals surface area contributed by atoms with Gasteiger partial charge in [-0.15, -0.1) is 0 Å². The normalized spacial score (nSPS) is 20.6. The van der Waals surface area contributed by atoms with Crippen molar-refractivity contribution in [3.63, 3.8) is 0 Å². The molecule has 148 valence electrons. The van der Waals surface area contributed by atoms with Crippen LogP contribution >= 0.6 is 0 Å². The number of amides is 2. The highest BCUT2D eigenvalue weighted by molar-refractivity contribution is 5.99. The van der Waals surface area contributed by atoms with Gasteiger partial charge in [-0.3, -0.25) is 19.4 Å². The summed E-state index contributed by atoms with van der Waals surface area (Å²) in [4.78, 5) is 44.8. The minimum Gasteiger partial charge on any atom is -0.394 e. The maximum atomic E-state index is 12.6. The van der Waals surface area contributed by atoms with Gasteiger partial charge in [-0.1, -0.05) is 13.8 Å². The molecule has 10 heteroatoms. The van der Waals surface area contributed by atoms with Gasteiger partial charge < -0.3 is 25.6 Å². The fourth-order valence-electron chi connectivity index (χ4n) is 2.53. The van der Waals surface area contributed by atoms with E-state index in [1.54, 1.807) is 0 Å². The molecule has 0 spiro atoms. The van der Waals surface area contributed by atoms with E-state index in [0.717, 1.165) is 0 Å². The first-order valence-corrected chi connectivity index (χ1v) is 8.60. The van der Waals surface area contributed by atoms with Crippen LogP contribution in [0.25, 0.3) is 0 Å². The number of Topliss-reactive ketones (excluding diaryl/α,β-unsaturated/α-hetero) is 1. The van der Waals surface area contributed by atoms with Gasteiger partial charge in [-0.05, 0) is 12.3 Å². The van der Waals surface area contributed by atoms with Gasteiger partial charge in [0.15, 0.2) is 11.4 Å². The lowest BCUT2D eigenvalue weighted by Gasteiger charge is -2.24. The number of ketones is 1. The maximum Gasteiger partial charge on any atom is 0.272 e. The zero-order valence-electron chi connectivity index (χ0n) is 15.2. The van der Waals surface area contributed by atoms with Gasteiger partial charge in [0, 0.05) is 12.4 Å². The summed E-state index contributed by atoms with van der Waals surface area (Å²) >= 11 is 0. The first kappa shape index (κ1) is 20.9. The summed E-state index contributed by atoms with van der Waals surface area (Å²) in [5.74, 6) is -1.75. The molecule has 1 saturated heterocycles. The van der Waals surface area contributed by atoms with Crippen molar-refractivity contribution in [1.29, 1.82) is 0 Å². The largest absolute Gasteiger partial charge is 0.394 e. The lowest BCUT2D eigenvalue weighted by atomic mass is 9.92. The van der Waals surface area contributed by atoms with Crippen molar-refractivity contribution < 1.29 is 29.3 Å². The predicted octanol–water partition coefficient (Wildman–Crippen LogP) is -1.57. The first-order chi connectivity index (χ1) is 12.8. The van der Waals surface area contributed by atoms with Crippen molar-refractivity contribution in [2.45, 2.75) is 38.0 Å². The van der Waals surface area contributed by atoms with Crippen LogP contribution in [-0.4, -0.2) is 75.3 Å². The summed E-state index contributed by atoms with van der Waals surface area (Å²) in [7, 11) is 0. The lowest BCUT2D eigenvalue weighted by Crippen LogP contribution is -2.55. The minimum atomic E-state index is -1.27. The van der Waals surface area contributed by atoms with E-state index >= 15 is 0 Å². The van der Waals surface area contributed by atoms with Crippen LogP contribution in [0.3, 0.4) is 0 Å². The predicted molar refractivity (Wildman–Crippen MR) is 92.5 cm³/mol. The Bertz CT molecular complexity index is 677. The van der Waals surface area contributed by atoms with Crippen LogP contribution in [-0.2, 0) is 14.3 Å². The van der Waals surface area contributed by atoms with E-state index in [2.05, 4.69) is 20.6 Å². The molecule has 1 fully saturated rings. The molecule has 2 heterocycles. The number of ether oxygens (including phenoxy) is 1. The van der Waals surface area contributed by atoms with Gasteiger partial charge >= 0.3 is 0 Å². The Kier molecular flexibility index (Phi) is 6.94. The number of hydrogen-bond donors (Lipinski definition) is 4. The number of carbonyl (C=O) groups excluding carboxylic acids is 3. The summed E-state index contributed by atoms with van der Waals surface area (Å²) in [5, 5.41) is 23.8. The average Bonchev–Trinajstić information content (AvgIpc) is 3.46.